The van der Waals surface area contributed by atoms with Gasteiger partial charge in [0.15, 0.2) is 0 Å². The van der Waals surface area contributed by atoms with E-state index in [4.69, 9.17) is 11.6 Å². The zero-order chi connectivity index (χ0) is 11.5. The zero-order valence-corrected chi connectivity index (χ0v) is 10.4. The van der Waals surface area contributed by atoms with Crippen molar-refractivity contribution in [2.24, 2.45) is 0 Å². The monoisotopic (exact) mass is 250 g/mol. The highest BCUT2D eigenvalue weighted by atomic mass is 35.5. The fourth-order valence-corrected chi connectivity index (χ4v) is 2.81. The number of hydrogen-bond donors (Lipinski definition) is 2. The van der Waals surface area contributed by atoms with Gasteiger partial charge in [-0.25, -0.2) is 4.39 Å². The number of halogens is 2. The summed E-state index contributed by atoms with van der Waals surface area (Å²) in [6.07, 6.45) is 1.24. The van der Waals surface area contributed by atoms with Crippen LogP contribution in [0, 0.1) is 0 Å². The summed E-state index contributed by atoms with van der Waals surface area (Å²) in [4.78, 5) is 4.50. The van der Waals surface area contributed by atoms with Gasteiger partial charge >= 0.3 is 0 Å². The maximum absolute atomic E-state index is 12.5. The number of likely N-dealkylation sites (N-methyl/N-ethyl adjacent to an activating group) is 1. The Morgan fingerprint density at radius 3 is 3.00 bits per heavy atom. The van der Waals surface area contributed by atoms with Crippen molar-refractivity contribution >= 4 is 11.6 Å². The molecule has 0 aliphatic carbocycles. The number of rotatable bonds is 2. The van der Waals surface area contributed by atoms with Crippen LogP contribution in [-0.4, -0.2) is 67.5 Å². The van der Waals surface area contributed by atoms with Gasteiger partial charge in [0.05, 0.1) is 12.2 Å². The zero-order valence-electron chi connectivity index (χ0n) is 9.63. The average molecular weight is 251 g/mol. The van der Waals surface area contributed by atoms with E-state index in [1.54, 1.807) is 0 Å². The van der Waals surface area contributed by atoms with E-state index in [0.717, 1.165) is 26.1 Å². The van der Waals surface area contributed by atoms with Crippen molar-refractivity contribution in [3.05, 3.63) is 0 Å². The van der Waals surface area contributed by atoms with Gasteiger partial charge in [0.2, 0.25) is 0 Å². The topological polar surface area (TPSA) is 30.5 Å². The minimum Gasteiger partial charge on any atom is -0.299 e. The predicted molar refractivity (Wildman–Crippen MR) is 63.2 cm³/mol. The van der Waals surface area contributed by atoms with Crippen LogP contribution in [0.5, 0.6) is 0 Å². The Hall–Kier alpha value is 0.0600. The van der Waals surface area contributed by atoms with E-state index in [9.17, 15) is 4.39 Å². The number of alkyl halides is 2. The van der Waals surface area contributed by atoms with Crippen molar-refractivity contribution in [3.8, 4) is 0 Å². The fourth-order valence-electron chi connectivity index (χ4n) is 2.59. The summed E-state index contributed by atoms with van der Waals surface area (Å²) < 4.78 is 12.5. The minimum absolute atomic E-state index is 0.159. The van der Waals surface area contributed by atoms with Crippen molar-refractivity contribution in [2.75, 3.05) is 39.9 Å². The lowest BCUT2D eigenvalue weighted by Crippen LogP contribution is -2.67. The first-order valence-corrected chi connectivity index (χ1v) is 6.30. The van der Waals surface area contributed by atoms with E-state index in [1.165, 1.54) is 0 Å². The first kappa shape index (κ1) is 12.5. The van der Waals surface area contributed by atoms with Crippen molar-refractivity contribution in [2.45, 2.75) is 24.3 Å². The van der Waals surface area contributed by atoms with Gasteiger partial charge in [-0.3, -0.25) is 20.4 Å². The first-order valence-electron chi connectivity index (χ1n) is 5.86. The van der Waals surface area contributed by atoms with Crippen LogP contribution in [0.4, 0.5) is 4.39 Å². The van der Waals surface area contributed by atoms with Crippen molar-refractivity contribution in [3.63, 3.8) is 0 Å². The molecule has 3 unspecified atom stereocenters. The van der Waals surface area contributed by atoms with Crippen LogP contribution in [-0.2, 0) is 0 Å². The molecular formula is C10H20ClFN4. The lowest BCUT2D eigenvalue weighted by atomic mass is 10.1. The van der Waals surface area contributed by atoms with Gasteiger partial charge in [-0.05, 0) is 20.0 Å². The Bertz CT molecular complexity index is 231. The molecule has 0 aromatic heterocycles. The fraction of sp³-hybridized carbons (Fsp3) is 1.00. The van der Waals surface area contributed by atoms with E-state index in [2.05, 4.69) is 27.5 Å². The quantitative estimate of drug-likeness (QED) is 0.534. The standard InChI is InChI=1S/C10H20ClFN4/c1-15-4-2-5-16(6-3-12)9-8(15)7-13-10(11)14-9/h8-10,13-14H,2-7H2,1H3. The third-order valence-corrected chi connectivity index (χ3v) is 3.76. The Morgan fingerprint density at radius 1 is 1.44 bits per heavy atom. The van der Waals surface area contributed by atoms with Crippen LogP contribution in [0.3, 0.4) is 0 Å². The molecule has 94 valence electrons. The normalized spacial score (nSPS) is 38.1. The number of fused-ring (bicyclic) bond motifs is 1. The van der Waals surface area contributed by atoms with E-state index < -0.39 is 0 Å². The van der Waals surface area contributed by atoms with Crippen LogP contribution in [0.2, 0.25) is 0 Å². The highest BCUT2D eigenvalue weighted by Gasteiger charge is 2.36. The highest BCUT2D eigenvalue weighted by molar-refractivity contribution is 6.20. The van der Waals surface area contributed by atoms with Crippen LogP contribution in [0.25, 0.3) is 0 Å². The van der Waals surface area contributed by atoms with Crippen molar-refractivity contribution < 1.29 is 4.39 Å². The molecule has 2 saturated heterocycles. The molecule has 2 aliphatic heterocycles. The van der Waals surface area contributed by atoms with Crippen molar-refractivity contribution in [1.82, 2.24) is 20.4 Å². The van der Waals surface area contributed by atoms with Gasteiger partial charge in [0, 0.05) is 19.6 Å². The van der Waals surface area contributed by atoms with Gasteiger partial charge < -0.3 is 0 Å². The summed E-state index contributed by atoms with van der Waals surface area (Å²) in [5, 5.41) is 6.49. The second kappa shape index (κ2) is 5.60. The van der Waals surface area contributed by atoms with Gasteiger partial charge in [-0.1, -0.05) is 11.6 Å². The van der Waals surface area contributed by atoms with E-state index in [-0.39, 0.29) is 18.5 Å². The molecule has 0 spiro atoms. The van der Waals surface area contributed by atoms with Crippen LogP contribution >= 0.6 is 11.6 Å². The molecule has 0 bridgehead atoms. The maximum atomic E-state index is 12.5. The minimum atomic E-state index is -0.297. The molecule has 0 aromatic carbocycles. The summed E-state index contributed by atoms with van der Waals surface area (Å²) in [6, 6.07) is 0.365. The van der Waals surface area contributed by atoms with Gasteiger partial charge in [-0.15, -0.1) is 0 Å². The van der Waals surface area contributed by atoms with Gasteiger partial charge in [0.25, 0.3) is 0 Å². The highest BCUT2D eigenvalue weighted by Crippen LogP contribution is 2.17. The van der Waals surface area contributed by atoms with E-state index in [1.807, 2.05) is 0 Å². The first-order chi connectivity index (χ1) is 7.72. The lowest BCUT2D eigenvalue weighted by Gasteiger charge is -2.43. The molecule has 0 saturated carbocycles. The Balaban J connectivity index is 2.09. The smallest absolute Gasteiger partial charge is 0.136 e. The van der Waals surface area contributed by atoms with Crippen LogP contribution in [0.1, 0.15) is 6.42 Å². The van der Waals surface area contributed by atoms with E-state index >= 15 is 0 Å². The predicted octanol–water partition coefficient (Wildman–Crippen LogP) is 0.00330. The molecule has 2 N–H and O–H groups in total. The Morgan fingerprint density at radius 2 is 2.25 bits per heavy atom. The lowest BCUT2D eigenvalue weighted by molar-refractivity contribution is 0.0675. The third-order valence-electron chi connectivity index (χ3n) is 3.48. The summed E-state index contributed by atoms with van der Waals surface area (Å²) in [6.45, 7) is 3.04. The van der Waals surface area contributed by atoms with Gasteiger partial charge in [0.1, 0.15) is 12.3 Å². The average Bonchev–Trinajstić information content (AvgIpc) is 2.40. The number of nitrogens with zero attached hydrogens (tertiary/aromatic N) is 2. The summed E-state index contributed by atoms with van der Waals surface area (Å²) in [7, 11) is 2.12. The SMILES string of the molecule is CN1CCCN(CCF)C2NC(Cl)NCC21. The molecule has 2 heterocycles. The molecule has 0 aromatic rings. The maximum Gasteiger partial charge on any atom is 0.136 e. The molecule has 16 heavy (non-hydrogen) atoms. The number of hydrogen-bond acceptors (Lipinski definition) is 4. The second-order valence-corrected chi connectivity index (χ2v) is 4.95. The number of nitrogens with one attached hydrogen (secondary N) is 2. The Labute approximate surface area is 101 Å². The Kier molecular flexibility index (Phi) is 4.38. The van der Waals surface area contributed by atoms with Crippen LogP contribution in [0.15, 0.2) is 0 Å². The van der Waals surface area contributed by atoms with E-state index in [0.29, 0.717) is 12.6 Å². The molecule has 0 amide bonds. The molecule has 0 radical (unpaired) electrons. The summed E-state index contributed by atoms with van der Waals surface area (Å²) in [5.74, 6) is 0. The van der Waals surface area contributed by atoms with Crippen molar-refractivity contribution in [1.29, 1.82) is 0 Å². The molecule has 2 rings (SSSR count). The molecule has 3 atom stereocenters. The molecular weight excluding hydrogens is 231 g/mol. The molecule has 2 aliphatic rings. The molecule has 2 fully saturated rings. The summed E-state index contributed by atoms with van der Waals surface area (Å²) in [5.41, 5.74) is -0.213. The molecule has 6 heteroatoms. The summed E-state index contributed by atoms with van der Waals surface area (Å²) >= 11 is 6.04. The second-order valence-electron chi connectivity index (χ2n) is 4.51. The van der Waals surface area contributed by atoms with Crippen LogP contribution < -0.4 is 10.6 Å². The molecule has 4 nitrogen and oxygen atoms in total. The largest absolute Gasteiger partial charge is 0.299 e. The van der Waals surface area contributed by atoms with Gasteiger partial charge in [-0.2, -0.15) is 0 Å². The third kappa shape index (κ3) is 2.65.